The lowest BCUT2D eigenvalue weighted by atomic mass is 9.93. The van der Waals surface area contributed by atoms with Crippen LogP contribution in [0, 0.1) is 0 Å². The summed E-state index contributed by atoms with van der Waals surface area (Å²) in [6.45, 7) is 4.93. The number of thioether (sulfide) groups is 1. The second kappa shape index (κ2) is 11.4. The Morgan fingerprint density at radius 1 is 1.02 bits per heavy atom. The van der Waals surface area contributed by atoms with Gasteiger partial charge in [0.15, 0.2) is 4.80 Å². The van der Waals surface area contributed by atoms with Crippen LogP contribution in [0.25, 0.3) is 22.7 Å². The third-order valence-electron chi connectivity index (χ3n) is 7.25. The lowest BCUT2D eigenvalue weighted by Gasteiger charge is -2.26. The van der Waals surface area contributed by atoms with Crippen molar-refractivity contribution in [2.24, 2.45) is 4.99 Å². The molecule has 8 heteroatoms. The molecular formula is C33H29N3O3S2. The highest BCUT2D eigenvalue weighted by Gasteiger charge is 2.35. The first-order valence-corrected chi connectivity index (χ1v) is 15.6. The van der Waals surface area contributed by atoms with Crippen molar-refractivity contribution in [2.45, 2.75) is 31.3 Å². The van der Waals surface area contributed by atoms with Gasteiger partial charge in [-0.25, -0.2) is 9.79 Å². The van der Waals surface area contributed by atoms with Gasteiger partial charge in [-0.3, -0.25) is 9.36 Å². The molecule has 1 aliphatic rings. The van der Waals surface area contributed by atoms with E-state index in [4.69, 9.17) is 9.73 Å². The summed E-state index contributed by atoms with van der Waals surface area (Å²) in [6.07, 6.45) is 6.05. The van der Waals surface area contributed by atoms with Gasteiger partial charge in [0, 0.05) is 39.7 Å². The molecule has 0 N–H and O–H groups in total. The van der Waals surface area contributed by atoms with Crippen LogP contribution in [0.15, 0.2) is 105 Å². The van der Waals surface area contributed by atoms with Gasteiger partial charge < -0.3 is 9.30 Å². The summed E-state index contributed by atoms with van der Waals surface area (Å²) in [5.74, 6) is -0.477. The van der Waals surface area contributed by atoms with E-state index in [1.807, 2.05) is 79.1 Å². The summed E-state index contributed by atoms with van der Waals surface area (Å²) in [5, 5.41) is 1.08. The molecule has 0 unspecified atom stereocenters. The van der Waals surface area contributed by atoms with Crippen LogP contribution in [-0.4, -0.2) is 28.0 Å². The number of ether oxygens (including phenoxy) is 1. The van der Waals surface area contributed by atoms with E-state index in [0.717, 1.165) is 39.0 Å². The largest absolute Gasteiger partial charge is 0.463 e. The van der Waals surface area contributed by atoms with Crippen molar-refractivity contribution in [2.75, 3.05) is 12.9 Å². The zero-order chi connectivity index (χ0) is 28.5. The van der Waals surface area contributed by atoms with Crippen molar-refractivity contribution in [3.8, 4) is 0 Å². The number of hydrogen-bond acceptors (Lipinski definition) is 6. The lowest BCUT2D eigenvalue weighted by molar-refractivity contribution is -0.138. The maximum absolute atomic E-state index is 14.2. The third kappa shape index (κ3) is 4.87. The number of carbonyl (C=O) groups is 1. The summed E-state index contributed by atoms with van der Waals surface area (Å²) >= 11 is 2.98. The van der Waals surface area contributed by atoms with Crippen LogP contribution in [0.2, 0.25) is 0 Å². The molecule has 41 heavy (non-hydrogen) atoms. The van der Waals surface area contributed by atoms with Crippen molar-refractivity contribution in [1.29, 1.82) is 0 Å². The van der Waals surface area contributed by atoms with Crippen LogP contribution < -0.4 is 14.9 Å². The van der Waals surface area contributed by atoms with Crippen LogP contribution in [0.4, 0.5) is 0 Å². The quantitative estimate of drug-likeness (QED) is 0.185. The second-order valence-corrected chi connectivity index (χ2v) is 11.5. The Hall–Kier alpha value is -4.14. The van der Waals surface area contributed by atoms with Crippen molar-refractivity contribution in [3.63, 3.8) is 0 Å². The number of thiazole rings is 1. The first kappa shape index (κ1) is 27.1. The van der Waals surface area contributed by atoms with Crippen LogP contribution in [0.1, 0.15) is 36.6 Å². The fourth-order valence-electron chi connectivity index (χ4n) is 5.34. The van der Waals surface area contributed by atoms with Crippen molar-refractivity contribution >= 4 is 51.7 Å². The molecule has 2 aromatic heterocycles. The van der Waals surface area contributed by atoms with Crippen molar-refractivity contribution in [3.05, 3.63) is 127 Å². The zero-order valence-electron chi connectivity index (χ0n) is 23.0. The Morgan fingerprint density at radius 3 is 2.46 bits per heavy atom. The monoisotopic (exact) mass is 579 g/mol. The summed E-state index contributed by atoms with van der Waals surface area (Å²) in [5.41, 5.74) is 4.41. The van der Waals surface area contributed by atoms with Gasteiger partial charge >= 0.3 is 5.97 Å². The molecule has 206 valence electrons. The molecule has 3 heterocycles. The van der Waals surface area contributed by atoms with E-state index in [1.165, 1.54) is 11.3 Å². The number of aromatic nitrogens is 2. The average Bonchev–Trinajstić information content (AvgIpc) is 3.53. The van der Waals surface area contributed by atoms with Gasteiger partial charge in [0.2, 0.25) is 0 Å². The number of fused-ring (bicyclic) bond motifs is 2. The smallest absolute Gasteiger partial charge is 0.338 e. The van der Waals surface area contributed by atoms with Crippen molar-refractivity contribution < 1.29 is 9.53 Å². The van der Waals surface area contributed by atoms with Crippen LogP contribution in [-0.2, 0) is 16.1 Å². The predicted molar refractivity (Wildman–Crippen MR) is 167 cm³/mol. The van der Waals surface area contributed by atoms with E-state index in [9.17, 15) is 9.59 Å². The Kier molecular flexibility index (Phi) is 7.51. The molecule has 0 saturated heterocycles. The SMILES string of the molecule is CCOC(=O)C1=C(c2ccccc2)N=c2sc(=Cc3cn(CC)c4ccccc34)c(=O)n2[C@@H]1c1ccc(SC)cc1. The molecule has 0 aliphatic carbocycles. The highest BCUT2D eigenvalue weighted by molar-refractivity contribution is 7.98. The van der Waals surface area contributed by atoms with E-state index < -0.39 is 12.0 Å². The van der Waals surface area contributed by atoms with E-state index >= 15 is 0 Å². The molecule has 0 radical (unpaired) electrons. The normalized spacial score (nSPS) is 15.2. The topological polar surface area (TPSA) is 65.6 Å². The fraction of sp³-hybridized carbons (Fsp3) is 0.182. The fourth-order valence-corrected chi connectivity index (χ4v) is 6.74. The van der Waals surface area contributed by atoms with Gasteiger partial charge in [0.1, 0.15) is 0 Å². The highest BCUT2D eigenvalue weighted by Crippen LogP contribution is 2.35. The minimum atomic E-state index is -0.685. The second-order valence-electron chi connectivity index (χ2n) is 9.59. The Labute approximate surface area is 245 Å². The van der Waals surface area contributed by atoms with E-state index in [2.05, 4.69) is 29.8 Å². The van der Waals surface area contributed by atoms with Crippen LogP contribution in [0.5, 0.6) is 0 Å². The Bertz CT molecular complexity index is 1970. The van der Waals surface area contributed by atoms with Gasteiger partial charge in [-0.1, -0.05) is 72.0 Å². The molecule has 1 atom stereocenters. The first-order valence-electron chi connectivity index (χ1n) is 13.5. The van der Waals surface area contributed by atoms with E-state index in [-0.39, 0.29) is 12.2 Å². The molecule has 0 spiro atoms. The van der Waals surface area contributed by atoms with Crippen molar-refractivity contribution in [1.82, 2.24) is 9.13 Å². The predicted octanol–water partition coefficient (Wildman–Crippen LogP) is 5.63. The zero-order valence-corrected chi connectivity index (χ0v) is 24.7. The number of aryl methyl sites for hydroxylation is 1. The number of para-hydroxylation sites is 1. The molecule has 6 rings (SSSR count). The van der Waals surface area contributed by atoms with Gasteiger partial charge in [-0.2, -0.15) is 0 Å². The highest BCUT2D eigenvalue weighted by atomic mass is 32.2. The van der Waals surface area contributed by atoms with Gasteiger partial charge in [0.25, 0.3) is 5.56 Å². The standard InChI is InChI=1S/C33H29N3O3S2/c1-4-35-20-23(25-13-9-10-14-26(25)35)19-27-31(37)36-30(22-15-17-24(40-3)18-16-22)28(32(38)39-5-2)29(34-33(36)41-27)21-11-7-6-8-12-21/h6-20,30H,4-5H2,1-3H3/t30-/m1/s1. The Morgan fingerprint density at radius 2 is 1.76 bits per heavy atom. The molecule has 3 aromatic carbocycles. The Balaban J connectivity index is 1.64. The molecule has 6 nitrogen and oxygen atoms in total. The van der Waals surface area contributed by atoms with Crippen LogP contribution >= 0.6 is 23.1 Å². The maximum Gasteiger partial charge on any atom is 0.338 e. The molecule has 1 aliphatic heterocycles. The summed E-state index contributed by atoms with van der Waals surface area (Å²) < 4.78 is 9.96. The summed E-state index contributed by atoms with van der Waals surface area (Å²) in [4.78, 5) is 34.4. The van der Waals surface area contributed by atoms with Crippen LogP contribution in [0.3, 0.4) is 0 Å². The number of hydrogen-bond donors (Lipinski definition) is 0. The minimum absolute atomic E-state index is 0.185. The van der Waals surface area contributed by atoms with Gasteiger partial charge in [0.05, 0.1) is 28.5 Å². The molecular weight excluding hydrogens is 551 g/mol. The maximum atomic E-state index is 14.2. The third-order valence-corrected chi connectivity index (χ3v) is 8.98. The number of rotatable bonds is 7. The minimum Gasteiger partial charge on any atom is -0.463 e. The molecule has 0 saturated carbocycles. The average molecular weight is 580 g/mol. The van der Waals surface area contributed by atoms with E-state index in [0.29, 0.717) is 20.6 Å². The molecule has 5 aromatic rings. The van der Waals surface area contributed by atoms with E-state index in [1.54, 1.807) is 23.3 Å². The molecule has 0 fully saturated rings. The first-order chi connectivity index (χ1) is 20.0. The van der Waals surface area contributed by atoms with Gasteiger partial charge in [-0.05, 0) is 49.9 Å². The lowest BCUT2D eigenvalue weighted by Crippen LogP contribution is -2.40. The molecule has 0 bridgehead atoms. The summed E-state index contributed by atoms with van der Waals surface area (Å²) in [7, 11) is 0. The summed E-state index contributed by atoms with van der Waals surface area (Å²) in [6, 6.07) is 25.1. The number of carbonyl (C=O) groups excluding carboxylic acids is 1. The molecule has 0 amide bonds. The van der Waals surface area contributed by atoms with Gasteiger partial charge in [-0.15, -0.1) is 11.8 Å². The number of benzene rings is 3. The number of nitrogens with zero attached hydrogens (tertiary/aromatic N) is 3. The number of esters is 1.